The van der Waals surface area contributed by atoms with E-state index in [2.05, 4.69) is 5.32 Å². The minimum absolute atomic E-state index is 0.390. The number of carbonyl (C=O) groups excluding carboxylic acids is 2. The Hall–Kier alpha value is -3.11. The molecule has 0 fully saturated rings. The maximum absolute atomic E-state index is 12.3. The molecule has 136 valence electrons. The number of esters is 1. The second-order valence-electron chi connectivity index (χ2n) is 5.99. The molecule has 0 radical (unpaired) electrons. The molecule has 0 bridgehead atoms. The van der Waals surface area contributed by atoms with E-state index in [9.17, 15) is 9.59 Å². The van der Waals surface area contributed by atoms with E-state index in [4.69, 9.17) is 16.3 Å². The number of anilines is 1. The van der Waals surface area contributed by atoms with Crippen molar-refractivity contribution < 1.29 is 14.3 Å². The predicted octanol–water partition coefficient (Wildman–Crippen LogP) is 5.19. The highest BCUT2D eigenvalue weighted by Crippen LogP contribution is 2.20. The molecule has 0 saturated carbocycles. The van der Waals surface area contributed by atoms with Crippen LogP contribution in [0.15, 0.2) is 78.9 Å². The molecule has 0 saturated heterocycles. The summed E-state index contributed by atoms with van der Waals surface area (Å²) in [6, 6.07) is 23.6. The summed E-state index contributed by atoms with van der Waals surface area (Å²) in [5, 5.41) is 3.26. The van der Waals surface area contributed by atoms with Gasteiger partial charge in [0.1, 0.15) is 0 Å². The number of amides is 1. The molecule has 0 aromatic heterocycles. The fourth-order valence-corrected chi connectivity index (χ4v) is 2.61. The molecule has 1 atom stereocenters. The molecule has 3 aromatic carbocycles. The van der Waals surface area contributed by atoms with Crippen molar-refractivity contribution in [1.82, 2.24) is 0 Å². The van der Waals surface area contributed by atoms with Gasteiger partial charge in [0.25, 0.3) is 5.91 Å². The molecule has 0 heterocycles. The third-order valence-electron chi connectivity index (χ3n) is 3.99. The van der Waals surface area contributed by atoms with Crippen LogP contribution in [0.5, 0.6) is 0 Å². The fraction of sp³-hybridized carbons (Fsp3) is 0.0909. The maximum Gasteiger partial charge on any atom is 0.338 e. The maximum atomic E-state index is 12.3. The van der Waals surface area contributed by atoms with Crippen LogP contribution >= 0.6 is 11.6 Å². The lowest BCUT2D eigenvalue weighted by Crippen LogP contribution is -2.29. The molecule has 1 N–H and O–H groups in total. The van der Waals surface area contributed by atoms with E-state index in [1.54, 1.807) is 36.4 Å². The average molecular weight is 380 g/mol. The van der Waals surface area contributed by atoms with Crippen LogP contribution in [0.1, 0.15) is 17.3 Å². The zero-order valence-corrected chi connectivity index (χ0v) is 15.4. The Balaban J connectivity index is 1.60. The lowest BCUT2D eigenvalue weighted by Gasteiger charge is -2.14. The van der Waals surface area contributed by atoms with Crippen molar-refractivity contribution in [2.45, 2.75) is 13.0 Å². The average Bonchev–Trinajstić information content (AvgIpc) is 2.70. The number of rotatable bonds is 5. The predicted molar refractivity (Wildman–Crippen MR) is 107 cm³/mol. The molecule has 0 unspecified atom stereocenters. The highest BCUT2D eigenvalue weighted by molar-refractivity contribution is 6.30. The molecular formula is C22H18ClNO3. The van der Waals surface area contributed by atoms with Gasteiger partial charge in [-0.05, 0) is 54.4 Å². The molecule has 27 heavy (non-hydrogen) atoms. The van der Waals surface area contributed by atoms with Crippen LogP contribution in [0.3, 0.4) is 0 Å². The number of hydrogen-bond donors (Lipinski definition) is 1. The number of nitrogens with one attached hydrogen (secondary N) is 1. The molecule has 4 nitrogen and oxygen atoms in total. The molecule has 3 rings (SSSR count). The molecule has 0 aliphatic carbocycles. The molecule has 5 heteroatoms. The number of carbonyl (C=O) groups is 2. The van der Waals surface area contributed by atoms with Gasteiger partial charge in [0.2, 0.25) is 0 Å². The summed E-state index contributed by atoms with van der Waals surface area (Å²) in [6.45, 7) is 1.53. The van der Waals surface area contributed by atoms with E-state index in [0.29, 0.717) is 16.3 Å². The topological polar surface area (TPSA) is 55.4 Å². The SMILES string of the molecule is C[C@@H](OC(=O)c1ccc(-c2ccccc2)cc1)C(=O)Nc1ccc(Cl)cc1. The van der Waals surface area contributed by atoms with Crippen molar-refractivity contribution in [3.8, 4) is 11.1 Å². The van der Waals surface area contributed by atoms with E-state index >= 15 is 0 Å². The van der Waals surface area contributed by atoms with Gasteiger partial charge >= 0.3 is 5.97 Å². The van der Waals surface area contributed by atoms with Crippen molar-refractivity contribution >= 4 is 29.2 Å². The van der Waals surface area contributed by atoms with Crippen LogP contribution < -0.4 is 5.32 Å². The largest absolute Gasteiger partial charge is 0.449 e. The second kappa shape index (κ2) is 8.52. The van der Waals surface area contributed by atoms with Gasteiger partial charge in [-0.15, -0.1) is 0 Å². The Morgan fingerprint density at radius 3 is 2.07 bits per heavy atom. The zero-order valence-electron chi connectivity index (χ0n) is 14.7. The first-order chi connectivity index (χ1) is 13.0. The van der Waals surface area contributed by atoms with Crippen LogP contribution in [0.4, 0.5) is 5.69 Å². The second-order valence-corrected chi connectivity index (χ2v) is 6.42. The molecule has 3 aromatic rings. The summed E-state index contributed by atoms with van der Waals surface area (Å²) in [6.07, 6.45) is -0.929. The van der Waals surface area contributed by atoms with Crippen molar-refractivity contribution in [2.24, 2.45) is 0 Å². The quantitative estimate of drug-likeness (QED) is 0.620. The van der Waals surface area contributed by atoms with Gasteiger partial charge in [0.05, 0.1) is 5.56 Å². The first kappa shape index (κ1) is 18.7. The fourth-order valence-electron chi connectivity index (χ4n) is 2.49. The lowest BCUT2D eigenvalue weighted by atomic mass is 10.0. The summed E-state index contributed by atoms with van der Waals surface area (Å²) in [7, 11) is 0. The summed E-state index contributed by atoms with van der Waals surface area (Å²) in [4.78, 5) is 24.5. The van der Waals surface area contributed by atoms with Crippen LogP contribution in [0, 0.1) is 0 Å². The van der Waals surface area contributed by atoms with E-state index < -0.39 is 18.0 Å². The molecule has 0 aliphatic rings. The highest BCUT2D eigenvalue weighted by Gasteiger charge is 2.19. The van der Waals surface area contributed by atoms with Gasteiger partial charge in [-0.3, -0.25) is 4.79 Å². The number of hydrogen-bond acceptors (Lipinski definition) is 3. The van der Waals surface area contributed by atoms with Crippen LogP contribution in [0.25, 0.3) is 11.1 Å². The van der Waals surface area contributed by atoms with Crippen LogP contribution in [-0.2, 0) is 9.53 Å². The van der Waals surface area contributed by atoms with Crippen LogP contribution in [-0.4, -0.2) is 18.0 Å². The van der Waals surface area contributed by atoms with E-state index in [0.717, 1.165) is 11.1 Å². The Morgan fingerprint density at radius 2 is 1.44 bits per heavy atom. The third kappa shape index (κ3) is 4.96. The monoisotopic (exact) mass is 379 g/mol. The Kier molecular flexibility index (Phi) is 5.89. The minimum atomic E-state index is -0.929. The van der Waals surface area contributed by atoms with Gasteiger partial charge in [-0.1, -0.05) is 54.1 Å². The molecule has 0 spiro atoms. The van der Waals surface area contributed by atoms with E-state index in [-0.39, 0.29) is 0 Å². The number of halogens is 1. The van der Waals surface area contributed by atoms with Crippen molar-refractivity contribution in [1.29, 1.82) is 0 Å². The van der Waals surface area contributed by atoms with Crippen molar-refractivity contribution in [3.63, 3.8) is 0 Å². The van der Waals surface area contributed by atoms with Gasteiger partial charge < -0.3 is 10.1 Å². The van der Waals surface area contributed by atoms with Gasteiger partial charge in [0.15, 0.2) is 6.10 Å². The van der Waals surface area contributed by atoms with Crippen molar-refractivity contribution in [3.05, 3.63) is 89.4 Å². The van der Waals surface area contributed by atoms with Crippen molar-refractivity contribution in [2.75, 3.05) is 5.32 Å². The third-order valence-corrected chi connectivity index (χ3v) is 4.24. The molecular weight excluding hydrogens is 362 g/mol. The van der Waals surface area contributed by atoms with Gasteiger partial charge in [0, 0.05) is 10.7 Å². The minimum Gasteiger partial charge on any atom is -0.449 e. The lowest BCUT2D eigenvalue weighted by molar-refractivity contribution is -0.123. The van der Waals surface area contributed by atoms with E-state index in [1.165, 1.54) is 6.92 Å². The number of benzene rings is 3. The first-order valence-corrected chi connectivity index (χ1v) is 8.83. The highest BCUT2D eigenvalue weighted by atomic mass is 35.5. The standard InChI is InChI=1S/C22H18ClNO3/c1-15(21(25)24-20-13-11-19(23)12-14-20)27-22(26)18-9-7-17(8-10-18)16-5-3-2-4-6-16/h2-15H,1H3,(H,24,25)/t15-/m1/s1. The smallest absolute Gasteiger partial charge is 0.338 e. The number of ether oxygens (including phenoxy) is 1. The Labute approximate surface area is 162 Å². The van der Waals surface area contributed by atoms with Gasteiger partial charge in [-0.2, -0.15) is 0 Å². The zero-order chi connectivity index (χ0) is 19.2. The summed E-state index contributed by atoms with van der Waals surface area (Å²) >= 11 is 5.82. The Morgan fingerprint density at radius 1 is 0.852 bits per heavy atom. The van der Waals surface area contributed by atoms with Gasteiger partial charge in [-0.25, -0.2) is 4.79 Å². The van der Waals surface area contributed by atoms with Crippen LogP contribution in [0.2, 0.25) is 5.02 Å². The van der Waals surface area contributed by atoms with E-state index in [1.807, 2.05) is 42.5 Å². The Bertz CT molecular complexity index is 922. The normalized spacial score (nSPS) is 11.5. The summed E-state index contributed by atoms with van der Waals surface area (Å²) in [5.74, 6) is -0.958. The molecule has 0 aliphatic heterocycles. The first-order valence-electron chi connectivity index (χ1n) is 8.46. The molecule has 1 amide bonds. The summed E-state index contributed by atoms with van der Waals surface area (Å²) < 4.78 is 5.26. The summed E-state index contributed by atoms with van der Waals surface area (Å²) in [5.41, 5.74) is 3.04.